The Hall–Kier alpha value is -1.61. The Kier molecular flexibility index (Phi) is 4.74. The molecule has 0 bridgehead atoms. The number of benzene rings is 1. The maximum absolute atomic E-state index is 12.2. The van der Waals surface area contributed by atoms with Crippen LogP contribution in [0.25, 0.3) is 6.08 Å². The summed E-state index contributed by atoms with van der Waals surface area (Å²) in [6.45, 7) is 3.57. The predicted molar refractivity (Wildman–Crippen MR) is 78.4 cm³/mol. The van der Waals surface area contributed by atoms with Gasteiger partial charge in [0.05, 0.1) is 0 Å². The molecule has 2 rings (SSSR count). The van der Waals surface area contributed by atoms with Crippen LogP contribution in [0.1, 0.15) is 25.3 Å². The van der Waals surface area contributed by atoms with Crippen LogP contribution in [0.2, 0.25) is 0 Å². The zero-order chi connectivity index (χ0) is 13.7. The molecule has 2 unspecified atom stereocenters. The van der Waals surface area contributed by atoms with Crippen molar-refractivity contribution in [2.75, 3.05) is 13.1 Å². The van der Waals surface area contributed by atoms with Crippen molar-refractivity contribution < 1.29 is 4.79 Å². The monoisotopic (exact) mass is 258 g/mol. The van der Waals surface area contributed by atoms with Crippen LogP contribution in [-0.2, 0) is 4.79 Å². The summed E-state index contributed by atoms with van der Waals surface area (Å²) >= 11 is 0. The fourth-order valence-electron chi connectivity index (χ4n) is 2.51. The summed E-state index contributed by atoms with van der Waals surface area (Å²) in [4.78, 5) is 14.2. The molecule has 0 spiro atoms. The van der Waals surface area contributed by atoms with E-state index in [9.17, 15) is 4.79 Å². The number of carbonyl (C=O) groups excluding carboxylic acids is 1. The Labute approximate surface area is 115 Å². The summed E-state index contributed by atoms with van der Waals surface area (Å²) in [6, 6.07) is 10.2. The molecule has 0 radical (unpaired) electrons. The number of piperidine rings is 1. The molecule has 0 aliphatic carbocycles. The van der Waals surface area contributed by atoms with Crippen molar-refractivity contribution in [1.29, 1.82) is 0 Å². The SMILES string of the molecule is CC1CCC(CN)CN1C(=O)C=Cc1ccccc1. The van der Waals surface area contributed by atoms with E-state index in [-0.39, 0.29) is 5.91 Å². The van der Waals surface area contributed by atoms with Crippen molar-refractivity contribution in [1.82, 2.24) is 4.90 Å². The quantitative estimate of drug-likeness (QED) is 0.846. The number of carbonyl (C=O) groups is 1. The first-order chi connectivity index (χ1) is 9.20. The molecular formula is C16H22N2O. The molecule has 2 N–H and O–H groups in total. The highest BCUT2D eigenvalue weighted by Crippen LogP contribution is 2.21. The topological polar surface area (TPSA) is 46.3 Å². The lowest BCUT2D eigenvalue weighted by Gasteiger charge is -2.37. The van der Waals surface area contributed by atoms with Crippen LogP contribution in [0.4, 0.5) is 0 Å². The van der Waals surface area contributed by atoms with Gasteiger partial charge in [0.2, 0.25) is 5.91 Å². The summed E-state index contributed by atoms with van der Waals surface area (Å²) in [5.41, 5.74) is 6.77. The zero-order valence-electron chi connectivity index (χ0n) is 11.5. The summed E-state index contributed by atoms with van der Waals surface area (Å²) in [5, 5.41) is 0. The number of rotatable bonds is 3. The van der Waals surface area contributed by atoms with Gasteiger partial charge in [0.1, 0.15) is 0 Å². The standard InChI is InChI=1S/C16H22N2O/c1-13-7-8-15(11-17)12-18(13)16(19)10-9-14-5-3-2-4-6-14/h2-6,9-10,13,15H,7-8,11-12,17H2,1H3. The van der Waals surface area contributed by atoms with Gasteiger partial charge in [-0.2, -0.15) is 0 Å². The van der Waals surface area contributed by atoms with Crippen LogP contribution in [0, 0.1) is 5.92 Å². The first kappa shape index (κ1) is 13.8. The minimum absolute atomic E-state index is 0.0921. The fourth-order valence-corrected chi connectivity index (χ4v) is 2.51. The molecule has 1 heterocycles. The van der Waals surface area contributed by atoms with Gasteiger partial charge < -0.3 is 10.6 Å². The van der Waals surface area contributed by atoms with Gasteiger partial charge in [-0.1, -0.05) is 30.3 Å². The summed E-state index contributed by atoms with van der Waals surface area (Å²) in [7, 11) is 0. The van der Waals surface area contributed by atoms with Crippen molar-refractivity contribution in [3.05, 3.63) is 42.0 Å². The molecule has 1 aliphatic heterocycles. The fraction of sp³-hybridized carbons (Fsp3) is 0.438. The molecule has 3 heteroatoms. The zero-order valence-corrected chi connectivity index (χ0v) is 11.5. The molecular weight excluding hydrogens is 236 g/mol. The lowest BCUT2D eigenvalue weighted by Crippen LogP contribution is -2.46. The maximum atomic E-state index is 12.2. The molecule has 1 aromatic carbocycles. The van der Waals surface area contributed by atoms with Crippen molar-refractivity contribution >= 4 is 12.0 Å². The van der Waals surface area contributed by atoms with E-state index in [1.807, 2.05) is 41.3 Å². The second-order valence-electron chi connectivity index (χ2n) is 5.26. The average Bonchev–Trinajstić information content (AvgIpc) is 2.46. The van der Waals surface area contributed by atoms with Crippen molar-refractivity contribution in [3.63, 3.8) is 0 Å². The predicted octanol–water partition coefficient (Wildman–Crippen LogP) is 2.29. The van der Waals surface area contributed by atoms with E-state index in [4.69, 9.17) is 5.73 Å². The van der Waals surface area contributed by atoms with Crippen molar-refractivity contribution in [3.8, 4) is 0 Å². The molecule has 1 aromatic rings. The number of hydrogen-bond donors (Lipinski definition) is 1. The number of amides is 1. The van der Waals surface area contributed by atoms with E-state index in [0.717, 1.165) is 24.9 Å². The van der Waals surface area contributed by atoms with Crippen LogP contribution in [0.5, 0.6) is 0 Å². The van der Waals surface area contributed by atoms with Gasteiger partial charge >= 0.3 is 0 Å². The number of likely N-dealkylation sites (tertiary alicyclic amines) is 1. The van der Waals surface area contributed by atoms with Crippen LogP contribution in [-0.4, -0.2) is 29.9 Å². The van der Waals surface area contributed by atoms with E-state index >= 15 is 0 Å². The highest BCUT2D eigenvalue weighted by Gasteiger charge is 2.26. The third kappa shape index (κ3) is 3.67. The van der Waals surface area contributed by atoms with E-state index in [1.165, 1.54) is 0 Å². The summed E-state index contributed by atoms with van der Waals surface area (Å²) in [6.07, 6.45) is 5.72. The van der Waals surface area contributed by atoms with Gasteiger partial charge in [0, 0.05) is 18.7 Å². The molecule has 2 atom stereocenters. The second-order valence-corrected chi connectivity index (χ2v) is 5.26. The Morgan fingerprint density at radius 3 is 2.79 bits per heavy atom. The van der Waals surface area contributed by atoms with Crippen LogP contribution in [0.3, 0.4) is 0 Å². The number of nitrogens with two attached hydrogens (primary N) is 1. The minimum Gasteiger partial charge on any atom is -0.336 e. The van der Waals surface area contributed by atoms with Crippen LogP contribution >= 0.6 is 0 Å². The molecule has 0 aromatic heterocycles. The first-order valence-corrected chi connectivity index (χ1v) is 6.94. The molecule has 0 saturated carbocycles. The Bertz CT molecular complexity index is 441. The minimum atomic E-state index is 0.0921. The number of hydrogen-bond acceptors (Lipinski definition) is 2. The molecule has 3 nitrogen and oxygen atoms in total. The lowest BCUT2D eigenvalue weighted by atomic mass is 9.93. The number of nitrogens with zero attached hydrogens (tertiary/aromatic N) is 1. The van der Waals surface area contributed by atoms with Crippen LogP contribution in [0.15, 0.2) is 36.4 Å². The van der Waals surface area contributed by atoms with Gasteiger partial charge in [-0.3, -0.25) is 4.79 Å². The molecule has 1 fully saturated rings. The summed E-state index contributed by atoms with van der Waals surface area (Å²) < 4.78 is 0. The van der Waals surface area contributed by atoms with Gasteiger partial charge in [-0.05, 0) is 43.9 Å². The van der Waals surface area contributed by atoms with E-state index in [2.05, 4.69) is 6.92 Å². The largest absolute Gasteiger partial charge is 0.336 e. The molecule has 1 amide bonds. The van der Waals surface area contributed by atoms with E-state index in [1.54, 1.807) is 6.08 Å². The molecule has 19 heavy (non-hydrogen) atoms. The van der Waals surface area contributed by atoms with Gasteiger partial charge in [-0.15, -0.1) is 0 Å². The molecule has 102 valence electrons. The third-order valence-electron chi connectivity index (χ3n) is 3.81. The maximum Gasteiger partial charge on any atom is 0.246 e. The first-order valence-electron chi connectivity index (χ1n) is 6.94. The Balaban J connectivity index is 2.00. The smallest absolute Gasteiger partial charge is 0.246 e. The molecule has 1 aliphatic rings. The average molecular weight is 258 g/mol. The highest BCUT2D eigenvalue weighted by molar-refractivity contribution is 5.92. The van der Waals surface area contributed by atoms with Gasteiger partial charge in [0.25, 0.3) is 0 Å². The second kappa shape index (κ2) is 6.53. The normalized spacial score (nSPS) is 23.8. The van der Waals surface area contributed by atoms with Crippen molar-refractivity contribution in [2.24, 2.45) is 11.7 Å². The highest BCUT2D eigenvalue weighted by atomic mass is 16.2. The Morgan fingerprint density at radius 1 is 1.37 bits per heavy atom. The van der Waals surface area contributed by atoms with Crippen LogP contribution < -0.4 is 5.73 Å². The summed E-state index contributed by atoms with van der Waals surface area (Å²) in [5.74, 6) is 0.541. The molecule has 1 saturated heterocycles. The Morgan fingerprint density at radius 2 is 2.11 bits per heavy atom. The van der Waals surface area contributed by atoms with Gasteiger partial charge in [0.15, 0.2) is 0 Å². The lowest BCUT2D eigenvalue weighted by molar-refractivity contribution is -0.130. The van der Waals surface area contributed by atoms with Crippen molar-refractivity contribution in [2.45, 2.75) is 25.8 Å². The third-order valence-corrected chi connectivity index (χ3v) is 3.81. The van der Waals surface area contributed by atoms with E-state index < -0.39 is 0 Å². The van der Waals surface area contributed by atoms with Gasteiger partial charge in [-0.25, -0.2) is 0 Å². The van der Waals surface area contributed by atoms with E-state index in [0.29, 0.717) is 18.5 Å².